The maximum atomic E-state index is 12.8. The molecule has 0 bridgehead atoms. The Labute approximate surface area is 204 Å². The van der Waals surface area contributed by atoms with Gasteiger partial charge in [-0.3, -0.25) is 9.69 Å². The molecular formula is C25H40N2O6S. The van der Waals surface area contributed by atoms with Crippen LogP contribution >= 0.6 is 0 Å². The number of nitrogens with zero attached hydrogens (tertiary/aromatic N) is 2. The van der Waals surface area contributed by atoms with E-state index < -0.39 is 21.9 Å². The van der Waals surface area contributed by atoms with Crippen LogP contribution in [0.4, 0.5) is 0 Å². The minimum Gasteiger partial charge on any atom is -0.481 e. The lowest BCUT2D eigenvalue weighted by Crippen LogP contribution is -2.43. The van der Waals surface area contributed by atoms with Crippen LogP contribution in [0.3, 0.4) is 0 Å². The first-order chi connectivity index (χ1) is 16.3. The monoisotopic (exact) mass is 496 g/mol. The van der Waals surface area contributed by atoms with Crippen molar-refractivity contribution in [1.82, 2.24) is 9.21 Å². The highest BCUT2D eigenvalue weighted by Crippen LogP contribution is 2.43. The van der Waals surface area contributed by atoms with Gasteiger partial charge in [0.15, 0.2) is 11.5 Å². The third-order valence-corrected chi connectivity index (χ3v) is 9.00. The molecule has 1 aromatic carbocycles. The third-order valence-electron chi connectivity index (χ3n) is 6.93. The number of aliphatic carboxylic acids is 1. The van der Waals surface area contributed by atoms with Crippen molar-refractivity contribution in [2.75, 3.05) is 38.7 Å². The molecule has 2 aliphatic rings. The molecule has 1 aromatic rings. The zero-order chi connectivity index (χ0) is 24.7. The van der Waals surface area contributed by atoms with Crippen LogP contribution in [0.2, 0.25) is 0 Å². The van der Waals surface area contributed by atoms with Gasteiger partial charge >= 0.3 is 5.97 Å². The molecule has 1 N–H and O–H groups in total. The van der Waals surface area contributed by atoms with Crippen LogP contribution in [0.1, 0.15) is 70.8 Å². The molecule has 0 spiro atoms. The molecule has 192 valence electrons. The number of likely N-dealkylation sites (tertiary alicyclic amines) is 1. The van der Waals surface area contributed by atoms with Crippen LogP contribution in [0.25, 0.3) is 0 Å². The largest absolute Gasteiger partial charge is 0.481 e. The number of carboxylic acids is 1. The molecule has 1 saturated heterocycles. The summed E-state index contributed by atoms with van der Waals surface area (Å²) in [4.78, 5) is 14.7. The number of sulfonamides is 1. The van der Waals surface area contributed by atoms with Crippen LogP contribution in [0.15, 0.2) is 18.2 Å². The van der Waals surface area contributed by atoms with Gasteiger partial charge in [-0.25, -0.2) is 12.7 Å². The Morgan fingerprint density at radius 3 is 2.53 bits per heavy atom. The van der Waals surface area contributed by atoms with E-state index in [9.17, 15) is 18.3 Å². The van der Waals surface area contributed by atoms with Gasteiger partial charge in [0, 0.05) is 38.1 Å². The third kappa shape index (κ3) is 6.23. The molecule has 34 heavy (non-hydrogen) atoms. The van der Waals surface area contributed by atoms with Crippen molar-refractivity contribution in [3.8, 4) is 11.5 Å². The van der Waals surface area contributed by atoms with Crippen molar-refractivity contribution in [3.63, 3.8) is 0 Å². The summed E-state index contributed by atoms with van der Waals surface area (Å²) in [5, 5.41) is 10.3. The summed E-state index contributed by atoms with van der Waals surface area (Å²) in [6, 6.07) is 5.57. The standard InChI is InChI=1S/C25H40N2O6S/c1-4-7-8-9-21-24(25(28)29)20(19-10-11-22-23(16-19)33-18-32-22)17-26(21)13-14-27(12-5-2)34(30,31)15-6-3/h10-11,16,20-21,24H,4-9,12-15,17-18H2,1-3H3,(H,28,29)/t20-,21-,24+/m1/s1. The van der Waals surface area contributed by atoms with Crippen molar-refractivity contribution >= 4 is 16.0 Å². The minimum absolute atomic E-state index is 0.128. The second-order valence-corrected chi connectivity index (χ2v) is 11.4. The van der Waals surface area contributed by atoms with Crippen molar-refractivity contribution in [1.29, 1.82) is 0 Å². The SMILES string of the molecule is CCCCC[C@@H]1[C@@H](C(=O)O)[C@@H](c2ccc3c(c2)OCO3)CN1CCN(CCC)S(=O)(=O)CCC. The Kier molecular flexibility index (Phi) is 9.62. The van der Waals surface area contributed by atoms with Gasteiger partial charge in [0.05, 0.1) is 11.7 Å². The predicted molar refractivity (Wildman–Crippen MR) is 132 cm³/mol. The molecular weight excluding hydrogens is 456 g/mol. The summed E-state index contributed by atoms with van der Waals surface area (Å²) in [5.74, 6) is -0.0566. The molecule has 9 heteroatoms. The first kappa shape index (κ1) is 26.8. The number of unbranched alkanes of at least 4 members (excludes halogenated alkanes) is 2. The smallest absolute Gasteiger partial charge is 0.308 e. The summed E-state index contributed by atoms with van der Waals surface area (Å²) >= 11 is 0. The van der Waals surface area contributed by atoms with Crippen LogP contribution in [-0.4, -0.2) is 73.5 Å². The Hall–Kier alpha value is -1.84. The van der Waals surface area contributed by atoms with Gasteiger partial charge in [0.1, 0.15) is 0 Å². The molecule has 0 unspecified atom stereocenters. The molecule has 0 aliphatic carbocycles. The second-order valence-electron chi connectivity index (χ2n) is 9.36. The number of hydrogen-bond donors (Lipinski definition) is 1. The zero-order valence-electron chi connectivity index (χ0n) is 20.7. The van der Waals surface area contributed by atoms with Crippen molar-refractivity contribution in [2.24, 2.45) is 5.92 Å². The Balaban J connectivity index is 1.84. The van der Waals surface area contributed by atoms with Gasteiger partial charge in [-0.2, -0.15) is 0 Å². The van der Waals surface area contributed by atoms with Gasteiger partial charge in [0.25, 0.3) is 0 Å². The highest BCUT2D eigenvalue weighted by Gasteiger charge is 2.46. The normalized spacial score (nSPS) is 22.5. The average Bonchev–Trinajstić information content (AvgIpc) is 3.40. The average molecular weight is 497 g/mol. The molecule has 3 atom stereocenters. The van der Waals surface area contributed by atoms with E-state index in [2.05, 4.69) is 11.8 Å². The number of benzene rings is 1. The number of carbonyl (C=O) groups is 1. The van der Waals surface area contributed by atoms with E-state index in [0.29, 0.717) is 44.1 Å². The maximum Gasteiger partial charge on any atom is 0.308 e. The van der Waals surface area contributed by atoms with Gasteiger partial charge in [-0.15, -0.1) is 0 Å². The van der Waals surface area contributed by atoms with E-state index in [1.807, 2.05) is 32.0 Å². The summed E-state index contributed by atoms with van der Waals surface area (Å²) in [5.41, 5.74) is 0.934. The van der Waals surface area contributed by atoms with Crippen molar-refractivity contribution in [3.05, 3.63) is 23.8 Å². The Morgan fingerprint density at radius 1 is 1.09 bits per heavy atom. The fourth-order valence-electron chi connectivity index (χ4n) is 5.28. The van der Waals surface area contributed by atoms with E-state index in [1.165, 1.54) is 0 Å². The zero-order valence-corrected chi connectivity index (χ0v) is 21.6. The maximum absolute atomic E-state index is 12.8. The van der Waals surface area contributed by atoms with Crippen LogP contribution in [0.5, 0.6) is 11.5 Å². The van der Waals surface area contributed by atoms with E-state index in [-0.39, 0.29) is 24.5 Å². The fraction of sp³-hybridized carbons (Fsp3) is 0.720. The first-order valence-corrected chi connectivity index (χ1v) is 14.3. The summed E-state index contributed by atoms with van der Waals surface area (Å²) in [7, 11) is -3.31. The molecule has 0 saturated carbocycles. The second kappa shape index (κ2) is 12.2. The van der Waals surface area contributed by atoms with Gasteiger partial charge in [-0.1, -0.05) is 46.1 Å². The van der Waals surface area contributed by atoms with Crippen LogP contribution in [0, 0.1) is 5.92 Å². The number of carboxylic acid groups (broad SMARTS) is 1. The van der Waals surface area contributed by atoms with Crippen LogP contribution < -0.4 is 9.47 Å². The summed E-state index contributed by atoms with van der Waals surface area (Å²) in [6.07, 6.45) is 5.21. The molecule has 0 radical (unpaired) electrons. The molecule has 1 fully saturated rings. The van der Waals surface area contributed by atoms with Crippen LogP contribution in [-0.2, 0) is 14.8 Å². The molecule has 0 aromatic heterocycles. The van der Waals surface area contributed by atoms with Crippen molar-refractivity contribution in [2.45, 2.75) is 71.3 Å². The molecule has 8 nitrogen and oxygen atoms in total. The van der Waals surface area contributed by atoms with E-state index >= 15 is 0 Å². The van der Waals surface area contributed by atoms with E-state index in [4.69, 9.17) is 9.47 Å². The number of hydrogen-bond acceptors (Lipinski definition) is 6. The van der Waals surface area contributed by atoms with Crippen molar-refractivity contribution < 1.29 is 27.8 Å². The summed E-state index contributed by atoms with van der Waals surface area (Å²) < 4.78 is 38.1. The number of rotatable bonds is 14. The van der Waals surface area contributed by atoms with E-state index in [0.717, 1.165) is 37.7 Å². The number of fused-ring (bicyclic) bond motifs is 1. The quantitative estimate of drug-likeness (QED) is 0.390. The molecule has 2 aliphatic heterocycles. The lowest BCUT2D eigenvalue weighted by molar-refractivity contribution is -0.143. The minimum atomic E-state index is -3.31. The van der Waals surface area contributed by atoms with E-state index in [1.54, 1.807) is 4.31 Å². The fourth-order valence-corrected chi connectivity index (χ4v) is 6.87. The topological polar surface area (TPSA) is 96.4 Å². The van der Waals surface area contributed by atoms with Gasteiger partial charge in [0.2, 0.25) is 16.8 Å². The molecule has 2 heterocycles. The Bertz CT molecular complexity index is 922. The lowest BCUT2D eigenvalue weighted by Gasteiger charge is -2.29. The Morgan fingerprint density at radius 2 is 1.85 bits per heavy atom. The number of ether oxygens (including phenoxy) is 2. The van der Waals surface area contributed by atoms with Gasteiger partial charge < -0.3 is 14.6 Å². The highest BCUT2D eigenvalue weighted by molar-refractivity contribution is 7.89. The first-order valence-electron chi connectivity index (χ1n) is 12.7. The molecule has 0 amide bonds. The summed E-state index contributed by atoms with van der Waals surface area (Å²) in [6.45, 7) is 8.17. The predicted octanol–water partition coefficient (Wildman–Crippen LogP) is 3.92. The lowest BCUT2D eigenvalue weighted by atomic mass is 9.83. The van der Waals surface area contributed by atoms with Gasteiger partial charge in [-0.05, 0) is 37.0 Å². The highest BCUT2D eigenvalue weighted by atomic mass is 32.2. The molecule has 3 rings (SSSR count).